The predicted molar refractivity (Wildman–Crippen MR) is 191 cm³/mol. The van der Waals surface area contributed by atoms with Crippen LogP contribution in [0, 0.1) is 5.82 Å². The number of nitrogens with zero attached hydrogens (tertiary/aromatic N) is 4. The molecule has 1 aliphatic rings. The van der Waals surface area contributed by atoms with Crippen LogP contribution < -0.4 is 19.5 Å². The summed E-state index contributed by atoms with van der Waals surface area (Å²) in [5.74, 6) is 1.75. The van der Waals surface area contributed by atoms with Crippen LogP contribution in [0.2, 0.25) is 0 Å². The Bertz CT molecular complexity index is 1630. The molecule has 1 unspecified atom stereocenters. The Balaban J connectivity index is 1.21. The van der Waals surface area contributed by atoms with Gasteiger partial charge in [0.2, 0.25) is 11.7 Å². The molecule has 1 aliphatic heterocycles. The van der Waals surface area contributed by atoms with Crippen molar-refractivity contribution in [2.75, 3.05) is 73.1 Å². The number of benzene rings is 3. The molecular weight excluding hydrogens is 625 g/mol. The second-order valence-corrected chi connectivity index (χ2v) is 12.6. The number of anilines is 1. The van der Waals surface area contributed by atoms with Crippen molar-refractivity contribution in [1.29, 1.82) is 0 Å². The Hall–Kier alpha value is -4.35. The number of ether oxygens (including phenoxy) is 4. The third-order valence-electron chi connectivity index (χ3n) is 9.27. The molecule has 49 heavy (non-hydrogen) atoms. The van der Waals surface area contributed by atoms with Crippen LogP contribution in [-0.2, 0) is 11.3 Å². The Morgan fingerprint density at radius 1 is 0.980 bits per heavy atom. The first-order chi connectivity index (χ1) is 23.8. The van der Waals surface area contributed by atoms with E-state index in [1.807, 2.05) is 18.2 Å². The molecule has 0 spiro atoms. The van der Waals surface area contributed by atoms with E-state index in [4.69, 9.17) is 23.9 Å². The van der Waals surface area contributed by atoms with E-state index >= 15 is 0 Å². The van der Waals surface area contributed by atoms with Gasteiger partial charge >= 0.3 is 0 Å². The summed E-state index contributed by atoms with van der Waals surface area (Å²) in [4.78, 5) is 22.8. The molecular formula is C38H50FN5O5. The molecule has 10 nitrogen and oxygen atoms in total. The lowest BCUT2D eigenvalue weighted by atomic mass is 9.94. The highest BCUT2D eigenvalue weighted by molar-refractivity contribution is 5.95. The zero-order chi connectivity index (χ0) is 34.8. The molecule has 1 atom stereocenters. The van der Waals surface area contributed by atoms with E-state index in [0.29, 0.717) is 42.0 Å². The van der Waals surface area contributed by atoms with Crippen LogP contribution in [0.5, 0.6) is 17.2 Å². The van der Waals surface area contributed by atoms with E-state index in [0.717, 1.165) is 81.0 Å². The second-order valence-electron chi connectivity index (χ2n) is 12.6. The summed E-state index contributed by atoms with van der Waals surface area (Å²) in [6, 6.07) is 18.5. The molecule has 0 saturated carbocycles. The van der Waals surface area contributed by atoms with Gasteiger partial charge in [0.05, 0.1) is 39.0 Å². The van der Waals surface area contributed by atoms with Gasteiger partial charge in [-0.15, -0.1) is 0 Å². The number of para-hydroxylation sites is 2. The number of rotatable bonds is 17. The number of imidazole rings is 1. The van der Waals surface area contributed by atoms with Crippen molar-refractivity contribution < 1.29 is 28.1 Å². The van der Waals surface area contributed by atoms with Crippen molar-refractivity contribution in [2.45, 2.75) is 51.1 Å². The van der Waals surface area contributed by atoms with Crippen LogP contribution in [0.4, 0.5) is 10.3 Å². The van der Waals surface area contributed by atoms with Gasteiger partial charge in [0.1, 0.15) is 5.82 Å². The van der Waals surface area contributed by atoms with E-state index in [1.54, 1.807) is 24.1 Å². The van der Waals surface area contributed by atoms with Gasteiger partial charge < -0.3 is 38.6 Å². The van der Waals surface area contributed by atoms with Crippen LogP contribution in [-0.4, -0.2) is 99.1 Å². The highest BCUT2D eigenvalue weighted by Crippen LogP contribution is 2.38. The minimum Gasteiger partial charge on any atom is -0.493 e. The molecule has 2 heterocycles. The Kier molecular flexibility index (Phi) is 12.7. The van der Waals surface area contributed by atoms with Crippen LogP contribution in [0.15, 0.2) is 60.7 Å². The van der Waals surface area contributed by atoms with Gasteiger partial charge in [-0.3, -0.25) is 4.79 Å². The standard InChI is InChI=1S/C38H50FN5O5/c1-6-22-49-23-21-44-33-10-8-7-9-32(33)41-38(44)40-31-16-19-43(20-17-31)18-15-28(27-11-13-30(39)14-12-27)26-42(2)37(45)29-24-34(46-3)36(48-5)35(25-29)47-4/h7-14,24-25,28,31H,6,15-23,26H2,1-5H3,(H,40,41). The minimum absolute atomic E-state index is 0.0160. The molecule has 264 valence electrons. The number of halogens is 1. The first kappa shape index (κ1) is 35.9. The van der Waals surface area contributed by atoms with Crippen molar-refractivity contribution in [2.24, 2.45) is 0 Å². The van der Waals surface area contributed by atoms with Gasteiger partial charge in [-0.1, -0.05) is 31.2 Å². The molecule has 1 aromatic heterocycles. The van der Waals surface area contributed by atoms with Crippen LogP contribution >= 0.6 is 0 Å². The number of carbonyl (C=O) groups excluding carboxylic acids is 1. The zero-order valence-electron chi connectivity index (χ0n) is 29.4. The lowest BCUT2D eigenvalue weighted by Gasteiger charge is -2.34. The Labute approximate surface area is 289 Å². The van der Waals surface area contributed by atoms with Gasteiger partial charge in [-0.2, -0.15) is 0 Å². The Morgan fingerprint density at radius 3 is 2.33 bits per heavy atom. The van der Waals surface area contributed by atoms with Crippen LogP contribution in [0.25, 0.3) is 11.0 Å². The van der Waals surface area contributed by atoms with Crippen molar-refractivity contribution >= 4 is 22.9 Å². The Morgan fingerprint density at radius 2 is 1.67 bits per heavy atom. The van der Waals surface area contributed by atoms with Crippen molar-refractivity contribution in [3.8, 4) is 17.2 Å². The lowest BCUT2D eigenvalue weighted by Crippen LogP contribution is -2.40. The summed E-state index contributed by atoms with van der Waals surface area (Å²) in [6.07, 6.45) is 3.82. The number of hydrogen-bond donors (Lipinski definition) is 1. The van der Waals surface area contributed by atoms with Crippen molar-refractivity contribution in [3.63, 3.8) is 0 Å². The number of aromatic nitrogens is 2. The molecule has 1 saturated heterocycles. The highest BCUT2D eigenvalue weighted by Gasteiger charge is 2.25. The van der Waals surface area contributed by atoms with E-state index in [2.05, 4.69) is 39.9 Å². The van der Waals surface area contributed by atoms with Crippen molar-refractivity contribution in [3.05, 3.63) is 77.6 Å². The summed E-state index contributed by atoms with van der Waals surface area (Å²) in [5, 5.41) is 3.74. The fraction of sp³-hybridized carbons (Fsp3) is 0.474. The predicted octanol–water partition coefficient (Wildman–Crippen LogP) is 6.45. The molecule has 1 fully saturated rings. The van der Waals surface area contributed by atoms with E-state index in [1.165, 1.54) is 33.5 Å². The van der Waals surface area contributed by atoms with Gasteiger partial charge in [-0.05, 0) is 74.2 Å². The number of methoxy groups -OCH3 is 3. The quantitative estimate of drug-likeness (QED) is 0.128. The molecule has 11 heteroatoms. The average molecular weight is 676 g/mol. The number of likely N-dealkylation sites (N-methyl/N-ethyl adjacent to an activating group) is 1. The maximum absolute atomic E-state index is 13.9. The largest absolute Gasteiger partial charge is 0.493 e. The fourth-order valence-electron chi connectivity index (χ4n) is 6.57. The SMILES string of the molecule is CCCOCCn1c(NC2CCN(CCC(CN(C)C(=O)c3cc(OC)c(OC)c(OC)c3)c3ccc(F)cc3)CC2)nc2ccccc21. The monoisotopic (exact) mass is 675 g/mol. The van der Waals surface area contributed by atoms with Crippen LogP contribution in [0.3, 0.4) is 0 Å². The first-order valence-corrected chi connectivity index (χ1v) is 17.2. The summed E-state index contributed by atoms with van der Waals surface area (Å²) >= 11 is 0. The summed E-state index contributed by atoms with van der Waals surface area (Å²) in [7, 11) is 6.38. The number of piperidine rings is 1. The number of nitrogens with one attached hydrogen (secondary N) is 1. The number of likely N-dealkylation sites (tertiary alicyclic amines) is 1. The van der Waals surface area contributed by atoms with E-state index in [9.17, 15) is 9.18 Å². The third-order valence-corrected chi connectivity index (χ3v) is 9.27. The van der Waals surface area contributed by atoms with Gasteiger partial charge in [-0.25, -0.2) is 9.37 Å². The molecule has 0 radical (unpaired) electrons. The number of fused-ring (bicyclic) bond motifs is 1. The smallest absolute Gasteiger partial charge is 0.253 e. The molecule has 5 rings (SSSR count). The summed E-state index contributed by atoms with van der Waals surface area (Å²) in [5.41, 5.74) is 3.54. The minimum atomic E-state index is -0.277. The van der Waals surface area contributed by atoms with Gasteiger partial charge in [0.15, 0.2) is 11.5 Å². The first-order valence-electron chi connectivity index (χ1n) is 17.2. The van der Waals surface area contributed by atoms with E-state index < -0.39 is 0 Å². The molecule has 1 N–H and O–H groups in total. The van der Waals surface area contributed by atoms with Gasteiger partial charge in [0.25, 0.3) is 5.91 Å². The average Bonchev–Trinajstić information content (AvgIpc) is 3.48. The summed E-state index contributed by atoms with van der Waals surface area (Å²) in [6.45, 7) is 7.53. The molecule has 4 aromatic rings. The molecule has 0 aliphatic carbocycles. The number of amides is 1. The third kappa shape index (κ3) is 9.01. The topological polar surface area (TPSA) is 90.3 Å². The fourth-order valence-corrected chi connectivity index (χ4v) is 6.57. The van der Waals surface area contributed by atoms with E-state index in [-0.39, 0.29) is 17.6 Å². The maximum Gasteiger partial charge on any atom is 0.253 e. The van der Waals surface area contributed by atoms with Crippen molar-refractivity contribution in [1.82, 2.24) is 19.4 Å². The maximum atomic E-state index is 13.9. The second kappa shape index (κ2) is 17.3. The molecule has 1 amide bonds. The normalized spacial score (nSPS) is 14.5. The van der Waals surface area contributed by atoms with Gasteiger partial charge in [0, 0.05) is 57.4 Å². The zero-order valence-corrected chi connectivity index (χ0v) is 29.4. The number of carbonyl (C=O) groups is 1. The molecule has 3 aromatic carbocycles. The number of hydrogen-bond acceptors (Lipinski definition) is 8. The van der Waals surface area contributed by atoms with Crippen LogP contribution in [0.1, 0.15) is 54.4 Å². The molecule has 0 bridgehead atoms. The summed E-state index contributed by atoms with van der Waals surface area (Å²) < 4.78 is 38.3. The highest BCUT2D eigenvalue weighted by atomic mass is 19.1. The lowest BCUT2D eigenvalue weighted by molar-refractivity contribution is 0.0781.